The number of nitrogens with zero attached hydrogens (tertiary/aromatic N) is 5. The summed E-state index contributed by atoms with van der Waals surface area (Å²) in [5, 5.41) is 4.30. The predicted octanol–water partition coefficient (Wildman–Crippen LogP) is 3.66. The van der Waals surface area contributed by atoms with Gasteiger partial charge in [-0.3, -0.25) is 14.6 Å². The number of piperidine rings is 2. The van der Waals surface area contributed by atoms with Crippen molar-refractivity contribution in [2.45, 2.75) is 144 Å². The van der Waals surface area contributed by atoms with Crippen molar-refractivity contribution >= 4 is 5.91 Å². The second kappa shape index (κ2) is 20.3. The number of hydrogen-bond acceptors (Lipinski definition) is 5. The average molecular weight is 666 g/mol. The van der Waals surface area contributed by atoms with Gasteiger partial charge in [0.15, 0.2) is 0 Å². The molecule has 0 aromatic rings. The number of morpholine rings is 1. The summed E-state index contributed by atoms with van der Waals surface area (Å²) in [6.45, 7) is 38.6. The van der Waals surface area contributed by atoms with Gasteiger partial charge in [0.25, 0.3) is 0 Å². The van der Waals surface area contributed by atoms with Crippen molar-refractivity contribution in [2.24, 2.45) is 0 Å². The van der Waals surface area contributed by atoms with E-state index in [1.165, 1.54) is 38.8 Å². The first-order chi connectivity index (χ1) is 18.8. The van der Waals surface area contributed by atoms with Gasteiger partial charge < -0.3 is 19.9 Å². The average Bonchev–Trinajstić information content (AvgIpc) is 2.90. The van der Waals surface area contributed by atoms with E-state index in [4.69, 9.17) is 4.74 Å². The molecule has 4 heterocycles. The van der Waals surface area contributed by atoms with Crippen LogP contribution in [0.4, 0.5) is 0 Å². The number of rotatable bonds is 0. The Balaban J connectivity index is 0.000000530. The molecule has 0 aromatic carbocycles. The van der Waals surface area contributed by atoms with Crippen LogP contribution in [0, 0.1) is 0 Å². The van der Waals surface area contributed by atoms with E-state index in [1.807, 2.05) is 4.90 Å². The number of ether oxygens (including phenoxy) is 1. The second-order valence-corrected chi connectivity index (χ2v) is 16.0. The first kappa shape index (κ1) is 43.1. The van der Waals surface area contributed by atoms with Crippen molar-refractivity contribution in [3.8, 4) is 0 Å². The summed E-state index contributed by atoms with van der Waals surface area (Å²) in [7, 11) is 0. The van der Waals surface area contributed by atoms with Gasteiger partial charge in [0.2, 0.25) is 5.91 Å². The molecule has 0 aliphatic carbocycles. The standard InChI is InChI=1S/C9H17NO.C9H19N.C8H17N2.C8H17NO.Rb/c1-9(2,3)10-7-5-4-6-8(10)11;1-9(2,3)10-7-5-4-6-8-10;1-8(2,3)10-6-4-9-5-7-10;1-8(2,3)9-4-6-10-7-5-9;/h4-7H2,1-3H3;4-8H2,1-3H3;2*4-7H2,1-3H3;/q;;-1;;+1. The van der Waals surface area contributed by atoms with E-state index in [1.54, 1.807) is 0 Å². The van der Waals surface area contributed by atoms with Crippen LogP contribution in [0.5, 0.6) is 0 Å². The van der Waals surface area contributed by atoms with E-state index in [9.17, 15) is 4.79 Å². The minimum atomic E-state index is 0. The van der Waals surface area contributed by atoms with Gasteiger partial charge in [0, 0.05) is 48.2 Å². The number of amides is 1. The van der Waals surface area contributed by atoms with Crippen molar-refractivity contribution in [3.05, 3.63) is 5.32 Å². The molecule has 244 valence electrons. The van der Waals surface area contributed by atoms with Crippen LogP contribution in [-0.2, 0) is 9.53 Å². The quantitative estimate of drug-likeness (QED) is 0.396. The fourth-order valence-electron chi connectivity index (χ4n) is 5.59. The summed E-state index contributed by atoms with van der Waals surface area (Å²) < 4.78 is 5.25. The summed E-state index contributed by atoms with van der Waals surface area (Å²) in [6.07, 6.45) is 7.23. The first-order valence-electron chi connectivity index (χ1n) is 16.6. The Kier molecular flexibility index (Phi) is 20.9. The van der Waals surface area contributed by atoms with Crippen LogP contribution in [0.25, 0.3) is 5.32 Å². The van der Waals surface area contributed by atoms with Gasteiger partial charge in [-0.25, -0.2) is 0 Å². The van der Waals surface area contributed by atoms with E-state index < -0.39 is 0 Å². The molecule has 4 aliphatic rings. The zero-order valence-corrected chi connectivity index (χ0v) is 35.5. The molecule has 0 aromatic heterocycles. The number of piperazine rings is 1. The van der Waals surface area contributed by atoms with Crippen LogP contribution in [0.3, 0.4) is 0 Å². The molecule has 1 amide bonds. The second-order valence-electron chi connectivity index (χ2n) is 16.0. The van der Waals surface area contributed by atoms with Crippen LogP contribution in [-0.4, -0.2) is 120 Å². The molecule has 0 spiro atoms. The minimum absolute atomic E-state index is 0. The summed E-state index contributed by atoms with van der Waals surface area (Å²) in [4.78, 5) is 20.9. The number of hydrogen-bond donors (Lipinski definition) is 0. The summed E-state index contributed by atoms with van der Waals surface area (Å²) >= 11 is 0. The maximum atomic E-state index is 11.4. The molecule has 42 heavy (non-hydrogen) atoms. The smallest absolute Gasteiger partial charge is 0.660 e. The van der Waals surface area contributed by atoms with E-state index in [0.717, 1.165) is 71.9 Å². The van der Waals surface area contributed by atoms with Gasteiger partial charge in [-0.15, -0.1) is 13.1 Å². The molecule has 7 nitrogen and oxygen atoms in total. The van der Waals surface area contributed by atoms with Gasteiger partial charge in [-0.1, -0.05) is 6.42 Å². The van der Waals surface area contributed by atoms with E-state index >= 15 is 0 Å². The summed E-state index contributed by atoms with van der Waals surface area (Å²) in [5.74, 6) is 0.323. The van der Waals surface area contributed by atoms with E-state index in [-0.39, 0.29) is 63.7 Å². The molecule has 0 N–H and O–H groups in total. The zero-order chi connectivity index (χ0) is 31.3. The SMILES string of the molecule is CC(C)(C)N1CCCCC1.CC(C)(C)N1CCCCC1=O.CC(C)(C)N1CCOCC1.CC(C)(C)N1CC[N-]CC1.[Rb+]. The van der Waals surface area contributed by atoms with Crippen molar-refractivity contribution in [2.75, 3.05) is 72.1 Å². The maximum absolute atomic E-state index is 11.4. The Morgan fingerprint density at radius 2 is 0.929 bits per heavy atom. The third kappa shape index (κ3) is 18.3. The predicted molar refractivity (Wildman–Crippen MR) is 177 cm³/mol. The molecule has 4 fully saturated rings. The molecule has 0 unspecified atom stereocenters. The fraction of sp³-hybridized carbons (Fsp3) is 0.971. The van der Waals surface area contributed by atoms with Gasteiger partial charge in [0.1, 0.15) is 0 Å². The molecular formula is C34H70N5O2Rb. The van der Waals surface area contributed by atoms with Crippen LogP contribution in [0.15, 0.2) is 0 Å². The number of carbonyl (C=O) groups is 1. The van der Waals surface area contributed by atoms with E-state index in [0.29, 0.717) is 22.5 Å². The van der Waals surface area contributed by atoms with Crippen LogP contribution in [0.1, 0.15) is 122 Å². The fourth-order valence-corrected chi connectivity index (χ4v) is 5.59. The van der Waals surface area contributed by atoms with Crippen molar-refractivity contribution in [1.82, 2.24) is 19.6 Å². The third-order valence-corrected chi connectivity index (χ3v) is 8.40. The summed E-state index contributed by atoms with van der Waals surface area (Å²) in [5.41, 5.74) is 1.09. The third-order valence-electron chi connectivity index (χ3n) is 8.40. The number of carbonyl (C=O) groups excluding carboxylic acids is 1. The molecule has 0 bridgehead atoms. The first-order valence-corrected chi connectivity index (χ1v) is 16.6. The molecule has 0 atom stereocenters. The summed E-state index contributed by atoms with van der Waals surface area (Å²) in [6, 6.07) is 0. The van der Waals surface area contributed by atoms with Gasteiger partial charge in [-0.05, 0) is 135 Å². The molecule has 4 aliphatic heterocycles. The van der Waals surface area contributed by atoms with Gasteiger partial charge >= 0.3 is 58.2 Å². The maximum Gasteiger partial charge on any atom is 1.00 e. The Morgan fingerprint density at radius 1 is 0.524 bits per heavy atom. The molecule has 0 radical (unpaired) electrons. The van der Waals surface area contributed by atoms with Gasteiger partial charge in [0.05, 0.1) is 13.2 Å². The van der Waals surface area contributed by atoms with Crippen LogP contribution < -0.4 is 58.2 Å². The van der Waals surface area contributed by atoms with E-state index in [2.05, 4.69) is 103 Å². The van der Waals surface area contributed by atoms with Crippen LogP contribution >= 0.6 is 0 Å². The van der Waals surface area contributed by atoms with Crippen LogP contribution in [0.2, 0.25) is 0 Å². The molecule has 0 saturated carbocycles. The molecule has 4 saturated heterocycles. The molecule has 8 heteroatoms. The van der Waals surface area contributed by atoms with Gasteiger partial charge in [-0.2, -0.15) is 0 Å². The Labute approximate surface area is 311 Å². The largest absolute Gasteiger partial charge is 1.00 e. The zero-order valence-electron chi connectivity index (χ0n) is 30.6. The Hall–Kier alpha value is 1.08. The molecular weight excluding hydrogens is 596 g/mol. The van der Waals surface area contributed by atoms with Crippen molar-refractivity contribution in [3.63, 3.8) is 0 Å². The normalized spacial score (nSPS) is 21.9. The van der Waals surface area contributed by atoms with Crippen molar-refractivity contribution in [1.29, 1.82) is 0 Å². The minimum Gasteiger partial charge on any atom is -0.660 e. The Bertz CT molecular complexity index is 637. The molecule has 4 rings (SSSR count). The number of likely N-dealkylation sites (tertiary alicyclic amines) is 2. The topological polar surface area (TPSA) is 53.4 Å². The Morgan fingerprint density at radius 3 is 1.24 bits per heavy atom. The monoisotopic (exact) mass is 665 g/mol. The van der Waals surface area contributed by atoms with Crippen molar-refractivity contribution < 1.29 is 67.7 Å².